The van der Waals surface area contributed by atoms with E-state index >= 15 is 0 Å². The third-order valence-corrected chi connectivity index (χ3v) is 7.04. The second kappa shape index (κ2) is 12.1. The Hall–Kier alpha value is -3.90. The van der Waals surface area contributed by atoms with Crippen LogP contribution in [0.3, 0.4) is 0 Å². The zero-order valence-corrected chi connectivity index (χ0v) is 21.5. The van der Waals surface area contributed by atoms with Crippen LogP contribution in [0.25, 0.3) is 6.08 Å². The van der Waals surface area contributed by atoms with E-state index in [1.807, 2.05) is 102 Å². The molecule has 6 heteroatoms. The van der Waals surface area contributed by atoms with Crippen molar-refractivity contribution in [3.05, 3.63) is 108 Å². The zero-order valence-electron chi connectivity index (χ0n) is 21.5. The maximum atomic E-state index is 14.2. The Bertz CT molecular complexity index is 1250. The van der Waals surface area contributed by atoms with Gasteiger partial charge < -0.3 is 19.5 Å². The highest BCUT2D eigenvalue weighted by molar-refractivity contribution is 6.01. The van der Waals surface area contributed by atoms with Crippen LogP contribution in [0.4, 0.5) is 0 Å². The molecule has 0 bridgehead atoms. The maximum Gasteiger partial charge on any atom is 0.255 e. The number of rotatable bonds is 10. The molecule has 0 spiro atoms. The lowest BCUT2D eigenvalue weighted by molar-refractivity contribution is -0.138. The summed E-state index contributed by atoms with van der Waals surface area (Å²) in [5.41, 5.74) is 1.69. The molecule has 0 aliphatic carbocycles. The molecule has 196 valence electrons. The number of carbonyl (C=O) groups is 1. The molecule has 3 aromatic carbocycles. The second-order valence-electron chi connectivity index (χ2n) is 9.72. The summed E-state index contributed by atoms with van der Waals surface area (Å²) in [5, 5.41) is 9.00. The number of likely N-dealkylation sites (tertiary alicyclic amines) is 1. The molecule has 0 saturated carbocycles. The predicted molar refractivity (Wildman–Crippen MR) is 149 cm³/mol. The molecule has 38 heavy (non-hydrogen) atoms. The fourth-order valence-corrected chi connectivity index (χ4v) is 5.06. The van der Waals surface area contributed by atoms with Crippen LogP contribution in [-0.4, -0.2) is 53.7 Å². The third kappa shape index (κ3) is 5.65. The van der Waals surface area contributed by atoms with Crippen LogP contribution in [0.1, 0.15) is 48.5 Å². The van der Waals surface area contributed by atoms with Gasteiger partial charge in [0.15, 0.2) is 11.6 Å². The Morgan fingerprint density at radius 1 is 1.00 bits per heavy atom. The fraction of sp³-hybridized carbons (Fsp3) is 0.312. The van der Waals surface area contributed by atoms with Gasteiger partial charge in [0, 0.05) is 38.1 Å². The van der Waals surface area contributed by atoms with E-state index in [9.17, 15) is 4.79 Å². The Balaban J connectivity index is 1.52. The van der Waals surface area contributed by atoms with Gasteiger partial charge in [-0.15, -0.1) is 0 Å². The fourth-order valence-electron chi connectivity index (χ4n) is 5.06. The Kier molecular flexibility index (Phi) is 8.19. The van der Waals surface area contributed by atoms with E-state index in [1.165, 1.54) is 0 Å². The maximum absolute atomic E-state index is 14.2. The van der Waals surface area contributed by atoms with E-state index in [2.05, 4.69) is 0 Å². The summed E-state index contributed by atoms with van der Waals surface area (Å²) in [4.78, 5) is 21.3. The van der Waals surface area contributed by atoms with Gasteiger partial charge >= 0.3 is 0 Å². The van der Waals surface area contributed by atoms with Gasteiger partial charge in [-0.25, -0.2) is 4.99 Å². The lowest BCUT2D eigenvalue weighted by atomic mass is 9.83. The van der Waals surface area contributed by atoms with Crippen molar-refractivity contribution in [2.45, 2.75) is 37.3 Å². The van der Waals surface area contributed by atoms with Crippen molar-refractivity contribution in [2.24, 2.45) is 4.99 Å². The number of hydrogen-bond acceptors (Lipinski definition) is 5. The summed E-state index contributed by atoms with van der Waals surface area (Å²) in [6.45, 7) is 2.03. The summed E-state index contributed by atoms with van der Waals surface area (Å²) < 4.78 is 12.3. The smallest absolute Gasteiger partial charge is 0.255 e. The molecule has 1 saturated heterocycles. The standard InChI is InChI=1S/C32H34N2O4/c35-23-10-24-37-28-18-16-27(17-19-28)30-33-32(31(36)34-21-7-8-22-34,20-9-13-25-11-3-1-4-12-25)29(38-30)26-14-5-2-6-15-26/h1-6,9,11-19,29,35H,7-8,10,20-24H2/b13-9+/t29-,32-/m1/s1. The van der Waals surface area contributed by atoms with Crippen molar-refractivity contribution >= 4 is 17.9 Å². The van der Waals surface area contributed by atoms with Crippen LogP contribution >= 0.6 is 0 Å². The minimum atomic E-state index is -1.11. The van der Waals surface area contributed by atoms with Crippen LogP contribution in [-0.2, 0) is 9.53 Å². The summed E-state index contributed by atoms with van der Waals surface area (Å²) in [6.07, 6.45) is 6.56. The first kappa shape index (κ1) is 25.7. The lowest BCUT2D eigenvalue weighted by Gasteiger charge is -2.33. The quantitative estimate of drug-likeness (QED) is 0.369. The first-order valence-electron chi connectivity index (χ1n) is 13.4. The number of amides is 1. The van der Waals surface area contributed by atoms with Crippen molar-refractivity contribution in [2.75, 3.05) is 26.3 Å². The number of carbonyl (C=O) groups excluding carboxylic acids is 1. The highest BCUT2D eigenvalue weighted by Crippen LogP contribution is 2.44. The first-order valence-corrected chi connectivity index (χ1v) is 13.4. The normalized spacial score (nSPS) is 20.9. The van der Waals surface area contributed by atoms with Gasteiger partial charge in [0.05, 0.1) is 6.61 Å². The van der Waals surface area contributed by atoms with Crippen LogP contribution in [0.2, 0.25) is 0 Å². The minimum Gasteiger partial charge on any atom is -0.494 e. The predicted octanol–water partition coefficient (Wildman–Crippen LogP) is 5.43. The molecular formula is C32H34N2O4. The van der Waals surface area contributed by atoms with E-state index in [0.29, 0.717) is 31.1 Å². The topological polar surface area (TPSA) is 71.4 Å². The van der Waals surface area contributed by atoms with Gasteiger partial charge in [0.25, 0.3) is 5.91 Å². The number of aliphatic hydroxyl groups is 1. The van der Waals surface area contributed by atoms with Gasteiger partial charge in [0.2, 0.25) is 5.90 Å². The van der Waals surface area contributed by atoms with Crippen molar-refractivity contribution in [3.8, 4) is 5.75 Å². The van der Waals surface area contributed by atoms with E-state index in [-0.39, 0.29) is 12.5 Å². The molecule has 2 aliphatic rings. The number of aliphatic hydroxyl groups excluding tert-OH is 1. The Morgan fingerprint density at radius 3 is 2.37 bits per heavy atom. The van der Waals surface area contributed by atoms with Crippen LogP contribution in [0.15, 0.2) is 96.0 Å². The zero-order chi connectivity index (χ0) is 26.2. The van der Waals surface area contributed by atoms with Gasteiger partial charge in [-0.2, -0.15) is 0 Å². The molecule has 1 fully saturated rings. The van der Waals surface area contributed by atoms with E-state index < -0.39 is 11.6 Å². The molecule has 0 aromatic heterocycles. The number of aliphatic imine (C=N–C) groups is 1. The molecule has 0 radical (unpaired) electrons. The first-order chi connectivity index (χ1) is 18.7. The van der Waals surface area contributed by atoms with Crippen molar-refractivity contribution in [1.82, 2.24) is 4.90 Å². The second-order valence-corrected chi connectivity index (χ2v) is 9.72. The molecule has 5 rings (SSSR count). The minimum absolute atomic E-state index is 0.0144. The summed E-state index contributed by atoms with van der Waals surface area (Å²) in [6, 6.07) is 27.6. The summed E-state index contributed by atoms with van der Waals surface area (Å²) >= 11 is 0. The molecule has 2 aliphatic heterocycles. The summed E-state index contributed by atoms with van der Waals surface area (Å²) in [5.74, 6) is 1.19. The van der Waals surface area contributed by atoms with Gasteiger partial charge in [-0.3, -0.25) is 4.79 Å². The molecule has 6 nitrogen and oxygen atoms in total. The van der Waals surface area contributed by atoms with Gasteiger partial charge in [-0.05, 0) is 48.2 Å². The number of nitrogens with zero attached hydrogens (tertiary/aromatic N) is 2. The third-order valence-electron chi connectivity index (χ3n) is 7.04. The molecule has 1 N–H and O–H groups in total. The number of hydrogen-bond donors (Lipinski definition) is 1. The Labute approximate surface area is 224 Å². The largest absolute Gasteiger partial charge is 0.494 e. The average Bonchev–Trinajstić information content (AvgIpc) is 3.64. The van der Waals surface area contributed by atoms with Crippen LogP contribution < -0.4 is 4.74 Å². The molecule has 2 heterocycles. The summed E-state index contributed by atoms with van der Waals surface area (Å²) in [7, 11) is 0. The number of benzene rings is 3. The van der Waals surface area contributed by atoms with E-state index in [0.717, 1.165) is 42.6 Å². The highest BCUT2D eigenvalue weighted by Gasteiger charge is 2.54. The molecule has 2 atom stereocenters. The van der Waals surface area contributed by atoms with Gasteiger partial charge in [-0.1, -0.05) is 72.8 Å². The average molecular weight is 511 g/mol. The van der Waals surface area contributed by atoms with Crippen molar-refractivity contribution < 1.29 is 19.4 Å². The SMILES string of the molecule is O=C(N1CCCC1)[C@]1(C/C=C/c2ccccc2)N=C(c2ccc(OCCCO)cc2)O[C@@H]1c1ccccc1. The highest BCUT2D eigenvalue weighted by atomic mass is 16.5. The lowest BCUT2D eigenvalue weighted by Crippen LogP contribution is -2.49. The Morgan fingerprint density at radius 2 is 1.68 bits per heavy atom. The number of ether oxygens (including phenoxy) is 2. The van der Waals surface area contributed by atoms with E-state index in [4.69, 9.17) is 19.6 Å². The van der Waals surface area contributed by atoms with Crippen molar-refractivity contribution in [3.63, 3.8) is 0 Å². The monoisotopic (exact) mass is 510 g/mol. The van der Waals surface area contributed by atoms with Crippen LogP contribution in [0.5, 0.6) is 5.75 Å². The molecule has 0 unspecified atom stereocenters. The molecular weight excluding hydrogens is 476 g/mol. The van der Waals surface area contributed by atoms with E-state index in [1.54, 1.807) is 0 Å². The van der Waals surface area contributed by atoms with Gasteiger partial charge in [0.1, 0.15) is 5.75 Å². The molecule has 3 aromatic rings. The molecule has 1 amide bonds. The van der Waals surface area contributed by atoms with Crippen molar-refractivity contribution in [1.29, 1.82) is 0 Å². The van der Waals surface area contributed by atoms with Crippen LogP contribution in [0, 0.1) is 0 Å².